The zero-order valence-corrected chi connectivity index (χ0v) is 11.0. The van der Waals surface area contributed by atoms with Crippen molar-refractivity contribution >= 4 is 18.0 Å². The van der Waals surface area contributed by atoms with Gasteiger partial charge in [-0.15, -0.1) is 0 Å². The van der Waals surface area contributed by atoms with E-state index in [0.29, 0.717) is 5.76 Å². The summed E-state index contributed by atoms with van der Waals surface area (Å²) in [5.41, 5.74) is 0. The van der Waals surface area contributed by atoms with Crippen molar-refractivity contribution in [3.05, 3.63) is 17.8 Å². The average Bonchev–Trinajstić information content (AvgIpc) is 2.81. The van der Waals surface area contributed by atoms with Gasteiger partial charge >= 0.3 is 18.0 Å². The van der Waals surface area contributed by atoms with E-state index in [2.05, 4.69) is 20.4 Å². The second kappa shape index (κ2) is 7.12. The van der Waals surface area contributed by atoms with Crippen molar-refractivity contribution < 1.29 is 28.6 Å². The van der Waals surface area contributed by atoms with Gasteiger partial charge in [0.25, 0.3) is 0 Å². The van der Waals surface area contributed by atoms with E-state index in [1.165, 1.54) is 6.20 Å². The van der Waals surface area contributed by atoms with Crippen molar-refractivity contribution in [2.45, 2.75) is 25.9 Å². The molecule has 0 aliphatic rings. The van der Waals surface area contributed by atoms with Crippen molar-refractivity contribution in [1.29, 1.82) is 0 Å². The van der Waals surface area contributed by atoms with Crippen molar-refractivity contribution in [2.24, 2.45) is 0 Å². The van der Waals surface area contributed by atoms with E-state index in [1.54, 1.807) is 6.92 Å². The lowest BCUT2D eigenvalue weighted by Gasteiger charge is -2.13. The number of carboxylic acids is 1. The van der Waals surface area contributed by atoms with E-state index in [4.69, 9.17) is 9.52 Å². The molecule has 20 heavy (non-hydrogen) atoms. The van der Waals surface area contributed by atoms with E-state index < -0.39 is 30.4 Å². The highest BCUT2D eigenvalue weighted by molar-refractivity contribution is 5.86. The maximum absolute atomic E-state index is 11.5. The highest BCUT2D eigenvalue weighted by Crippen LogP contribution is 2.00. The van der Waals surface area contributed by atoms with Gasteiger partial charge in [-0.05, 0) is 6.92 Å². The van der Waals surface area contributed by atoms with Crippen molar-refractivity contribution in [2.75, 3.05) is 7.11 Å². The number of aromatic nitrogens is 1. The maximum Gasteiger partial charge on any atom is 0.326 e. The molecule has 3 N–H and O–H groups in total. The van der Waals surface area contributed by atoms with E-state index in [-0.39, 0.29) is 12.4 Å². The number of amides is 2. The Labute approximate surface area is 114 Å². The van der Waals surface area contributed by atoms with Gasteiger partial charge in [-0.25, -0.2) is 14.6 Å². The van der Waals surface area contributed by atoms with Gasteiger partial charge in [-0.1, -0.05) is 0 Å². The zero-order chi connectivity index (χ0) is 15.1. The molecular weight excluding hydrogens is 270 g/mol. The third kappa shape index (κ3) is 4.96. The number of aryl methyl sites for hydroxylation is 1. The molecule has 0 aliphatic heterocycles. The number of ether oxygens (including phenoxy) is 1. The number of esters is 1. The molecule has 0 bridgehead atoms. The number of oxazole rings is 1. The molecule has 0 aliphatic carbocycles. The lowest BCUT2D eigenvalue weighted by atomic mass is 10.2. The molecule has 1 heterocycles. The first-order chi connectivity index (χ1) is 9.42. The van der Waals surface area contributed by atoms with E-state index >= 15 is 0 Å². The second-order valence-electron chi connectivity index (χ2n) is 3.86. The fraction of sp³-hybridized carbons (Fsp3) is 0.455. The van der Waals surface area contributed by atoms with Crippen LogP contribution >= 0.6 is 0 Å². The summed E-state index contributed by atoms with van der Waals surface area (Å²) in [4.78, 5) is 37.3. The summed E-state index contributed by atoms with van der Waals surface area (Å²) in [6.07, 6.45) is 1.03. The average molecular weight is 285 g/mol. The van der Waals surface area contributed by atoms with E-state index in [9.17, 15) is 14.4 Å². The highest BCUT2D eigenvalue weighted by Gasteiger charge is 2.23. The molecule has 1 aromatic heterocycles. The summed E-state index contributed by atoms with van der Waals surface area (Å²) < 4.78 is 9.47. The predicted octanol–water partition coefficient (Wildman–Crippen LogP) is -0.201. The lowest BCUT2D eigenvalue weighted by molar-refractivity contribution is -0.147. The van der Waals surface area contributed by atoms with E-state index in [1.807, 2.05) is 0 Å². The molecule has 0 aromatic carbocycles. The van der Waals surface area contributed by atoms with Crippen LogP contribution in [0.2, 0.25) is 0 Å². The van der Waals surface area contributed by atoms with Crippen LogP contribution in [0.3, 0.4) is 0 Å². The number of methoxy groups -OCH3 is 1. The summed E-state index contributed by atoms with van der Waals surface area (Å²) in [7, 11) is 1.13. The smallest absolute Gasteiger partial charge is 0.326 e. The van der Waals surface area contributed by atoms with Crippen molar-refractivity contribution in [1.82, 2.24) is 15.6 Å². The predicted molar refractivity (Wildman–Crippen MR) is 64.7 cm³/mol. The summed E-state index contributed by atoms with van der Waals surface area (Å²) in [5, 5.41) is 13.4. The molecule has 0 fully saturated rings. The number of hydrogen-bond acceptors (Lipinski definition) is 6. The molecule has 1 rings (SSSR count). The SMILES string of the molecule is COC(=O)C[C@H](NC(=O)NCc1ncc(C)o1)C(=O)O. The number of aliphatic carboxylic acids is 1. The molecule has 0 spiro atoms. The number of hydrogen-bond donors (Lipinski definition) is 3. The third-order valence-corrected chi connectivity index (χ3v) is 2.27. The van der Waals surface area contributed by atoms with Crippen LogP contribution in [0.25, 0.3) is 0 Å². The first kappa shape index (κ1) is 15.5. The monoisotopic (exact) mass is 285 g/mol. The molecule has 0 radical (unpaired) electrons. The highest BCUT2D eigenvalue weighted by atomic mass is 16.5. The van der Waals surface area contributed by atoms with Crippen molar-refractivity contribution in [3.63, 3.8) is 0 Å². The summed E-state index contributed by atoms with van der Waals surface area (Å²) >= 11 is 0. The van der Waals surface area contributed by atoms with Crippen LogP contribution in [0, 0.1) is 6.92 Å². The molecule has 110 valence electrons. The Morgan fingerprint density at radius 2 is 2.20 bits per heavy atom. The first-order valence-electron chi connectivity index (χ1n) is 5.67. The molecule has 9 nitrogen and oxygen atoms in total. The van der Waals surface area contributed by atoms with Gasteiger partial charge in [0.1, 0.15) is 11.8 Å². The van der Waals surface area contributed by atoms with Crippen LogP contribution in [0.15, 0.2) is 10.6 Å². The Hall–Kier alpha value is -2.58. The summed E-state index contributed by atoms with van der Waals surface area (Å²) in [5.74, 6) is -1.19. The lowest BCUT2D eigenvalue weighted by Crippen LogP contribution is -2.46. The van der Waals surface area contributed by atoms with Crippen LogP contribution in [-0.2, 0) is 20.9 Å². The van der Waals surface area contributed by atoms with Crippen molar-refractivity contribution in [3.8, 4) is 0 Å². The van der Waals surface area contributed by atoms with Gasteiger partial charge in [-0.3, -0.25) is 4.79 Å². The number of carbonyl (C=O) groups is 3. The molecule has 0 saturated heterocycles. The third-order valence-electron chi connectivity index (χ3n) is 2.27. The Kier molecular flexibility index (Phi) is 5.51. The van der Waals surface area contributed by atoms with Crippen LogP contribution in [0.4, 0.5) is 4.79 Å². The number of nitrogens with zero attached hydrogens (tertiary/aromatic N) is 1. The molecule has 1 aromatic rings. The standard InChI is InChI=1S/C11H15N3O6/c1-6-4-12-8(20-6)5-13-11(18)14-7(10(16)17)3-9(15)19-2/h4,7H,3,5H2,1-2H3,(H,16,17)(H2,13,14,18)/t7-/m0/s1. The van der Waals surface area contributed by atoms with Gasteiger partial charge in [0.05, 0.1) is 26.3 Å². The zero-order valence-electron chi connectivity index (χ0n) is 11.0. The molecule has 1 atom stereocenters. The Morgan fingerprint density at radius 3 is 2.70 bits per heavy atom. The Bertz CT molecular complexity index is 498. The van der Waals surface area contributed by atoms with Gasteiger partial charge in [0.15, 0.2) is 0 Å². The number of urea groups is 1. The van der Waals surface area contributed by atoms with Gasteiger partial charge in [0.2, 0.25) is 5.89 Å². The summed E-state index contributed by atoms with van der Waals surface area (Å²) in [6, 6.07) is -2.12. The topological polar surface area (TPSA) is 131 Å². The fourth-order valence-corrected chi connectivity index (χ4v) is 1.30. The molecule has 0 unspecified atom stereocenters. The Balaban J connectivity index is 2.45. The summed E-state index contributed by atoms with van der Waals surface area (Å²) in [6.45, 7) is 1.71. The molecule has 0 saturated carbocycles. The fourth-order valence-electron chi connectivity index (χ4n) is 1.30. The minimum atomic E-state index is -1.37. The normalized spacial score (nSPS) is 11.5. The minimum absolute atomic E-state index is 0.00420. The van der Waals surface area contributed by atoms with Gasteiger partial charge in [0, 0.05) is 0 Å². The minimum Gasteiger partial charge on any atom is -0.480 e. The Morgan fingerprint density at radius 1 is 1.50 bits per heavy atom. The quantitative estimate of drug-likeness (QED) is 0.617. The number of carboxylic acid groups (broad SMARTS) is 1. The molecule has 2 amide bonds. The van der Waals surface area contributed by atoms with Gasteiger partial charge in [-0.2, -0.15) is 0 Å². The van der Waals surface area contributed by atoms with Crippen LogP contribution < -0.4 is 10.6 Å². The maximum atomic E-state index is 11.5. The van der Waals surface area contributed by atoms with Crippen LogP contribution in [0.5, 0.6) is 0 Å². The second-order valence-corrected chi connectivity index (χ2v) is 3.86. The number of rotatable bonds is 6. The number of carbonyl (C=O) groups excluding carboxylic acids is 2. The van der Waals surface area contributed by atoms with Gasteiger partial charge < -0.3 is 24.9 Å². The number of nitrogens with one attached hydrogen (secondary N) is 2. The molecular formula is C11H15N3O6. The molecule has 9 heteroatoms. The largest absolute Gasteiger partial charge is 0.480 e. The first-order valence-corrected chi connectivity index (χ1v) is 5.67. The van der Waals surface area contributed by atoms with E-state index in [0.717, 1.165) is 7.11 Å². The van der Waals surface area contributed by atoms with Crippen LogP contribution in [0.1, 0.15) is 18.1 Å². The van der Waals surface area contributed by atoms with Crippen LogP contribution in [-0.4, -0.2) is 41.2 Å².